The number of hydrogen-bond acceptors (Lipinski definition) is 2. The third-order valence-electron chi connectivity index (χ3n) is 1.36. The van der Waals surface area contributed by atoms with Crippen molar-refractivity contribution < 1.29 is 4.79 Å². The molecule has 0 aliphatic heterocycles. The normalized spacial score (nSPS) is 9.17. The molecular formula is C8H5BrClNO. The lowest BCUT2D eigenvalue weighted by molar-refractivity contribution is 0.565. The summed E-state index contributed by atoms with van der Waals surface area (Å²) in [4.78, 5) is 13.5. The Kier molecular flexibility index (Phi) is 3.48. The Morgan fingerprint density at radius 1 is 1.58 bits per heavy atom. The Hall–Kier alpha value is -0.630. The van der Waals surface area contributed by atoms with E-state index in [0.717, 1.165) is 5.56 Å². The van der Waals surface area contributed by atoms with E-state index < -0.39 is 0 Å². The van der Waals surface area contributed by atoms with E-state index in [2.05, 4.69) is 20.9 Å². The highest BCUT2D eigenvalue weighted by Gasteiger charge is 1.99. The molecule has 0 unspecified atom stereocenters. The first-order valence-electron chi connectivity index (χ1n) is 3.20. The zero-order chi connectivity index (χ0) is 8.97. The molecule has 0 saturated carbocycles. The molecule has 0 atom stereocenters. The summed E-state index contributed by atoms with van der Waals surface area (Å²) in [6, 6.07) is 5.19. The fraction of sp³-hybridized carbons (Fsp3) is 0.125. The number of aliphatic imine (C=N–C) groups is 1. The van der Waals surface area contributed by atoms with Crippen molar-refractivity contribution in [3.63, 3.8) is 0 Å². The molecule has 0 aromatic heterocycles. The Labute approximate surface area is 83.4 Å². The van der Waals surface area contributed by atoms with Gasteiger partial charge in [-0.1, -0.05) is 33.6 Å². The SMILES string of the molecule is O=C=Nc1cc(Cl)ccc1CBr. The maximum absolute atomic E-state index is 10.0. The van der Waals surface area contributed by atoms with Gasteiger partial charge >= 0.3 is 0 Å². The van der Waals surface area contributed by atoms with Gasteiger partial charge in [-0.25, -0.2) is 4.79 Å². The second kappa shape index (κ2) is 4.41. The summed E-state index contributed by atoms with van der Waals surface area (Å²) in [6.07, 6.45) is 1.48. The number of rotatable bonds is 2. The van der Waals surface area contributed by atoms with Crippen molar-refractivity contribution in [3.8, 4) is 0 Å². The fourth-order valence-corrected chi connectivity index (χ4v) is 1.44. The third kappa shape index (κ3) is 2.18. The van der Waals surface area contributed by atoms with Gasteiger partial charge in [0.2, 0.25) is 6.08 Å². The van der Waals surface area contributed by atoms with Crippen LogP contribution in [0.4, 0.5) is 5.69 Å². The van der Waals surface area contributed by atoms with E-state index in [4.69, 9.17) is 11.6 Å². The zero-order valence-corrected chi connectivity index (χ0v) is 8.39. The summed E-state index contributed by atoms with van der Waals surface area (Å²) in [7, 11) is 0. The van der Waals surface area contributed by atoms with Gasteiger partial charge in [0, 0.05) is 10.4 Å². The van der Waals surface area contributed by atoms with E-state index in [1.807, 2.05) is 6.07 Å². The van der Waals surface area contributed by atoms with E-state index >= 15 is 0 Å². The topological polar surface area (TPSA) is 29.4 Å². The highest BCUT2D eigenvalue weighted by atomic mass is 79.9. The van der Waals surface area contributed by atoms with Crippen LogP contribution in [0.25, 0.3) is 0 Å². The molecule has 0 saturated heterocycles. The minimum atomic E-state index is 0.564. The van der Waals surface area contributed by atoms with Gasteiger partial charge in [0.15, 0.2) is 0 Å². The molecule has 0 N–H and O–H groups in total. The van der Waals surface area contributed by atoms with Crippen LogP contribution in [0, 0.1) is 0 Å². The van der Waals surface area contributed by atoms with Crippen LogP contribution in [0.2, 0.25) is 5.02 Å². The largest absolute Gasteiger partial charge is 0.240 e. The van der Waals surface area contributed by atoms with E-state index in [9.17, 15) is 4.79 Å². The number of isocyanates is 1. The van der Waals surface area contributed by atoms with Crippen molar-refractivity contribution in [3.05, 3.63) is 28.8 Å². The predicted octanol–water partition coefficient (Wildman–Crippen LogP) is 3.20. The minimum absolute atomic E-state index is 0.564. The fourth-order valence-electron chi connectivity index (χ4n) is 0.803. The number of carbonyl (C=O) groups excluding carboxylic acids is 1. The molecule has 0 heterocycles. The molecule has 0 spiro atoms. The quantitative estimate of drug-likeness (QED) is 0.448. The highest BCUT2D eigenvalue weighted by molar-refractivity contribution is 9.08. The van der Waals surface area contributed by atoms with Gasteiger partial charge in [0.25, 0.3) is 0 Å². The molecule has 0 bridgehead atoms. The molecule has 1 aromatic carbocycles. The molecule has 0 aliphatic rings. The van der Waals surface area contributed by atoms with Gasteiger partial charge in [-0.3, -0.25) is 0 Å². The summed E-state index contributed by atoms with van der Waals surface area (Å²) in [6.45, 7) is 0. The lowest BCUT2D eigenvalue weighted by Gasteiger charge is -1.99. The molecule has 2 nitrogen and oxygen atoms in total. The maximum atomic E-state index is 10.0. The van der Waals surface area contributed by atoms with Crippen molar-refractivity contribution in [2.45, 2.75) is 5.33 Å². The first-order valence-corrected chi connectivity index (χ1v) is 4.70. The van der Waals surface area contributed by atoms with Gasteiger partial charge in [-0.05, 0) is 17.7 Å². The molecule has 1 rings (SSSR count). The van der Waals surface area contributed by atoms with E-state index in [1.165, 1.54) is 6.08 Å². The van der Waals surface area contributed by atoms with Gasteiger partial charge in [-0.2, -0.15) is 4.99 Å². The van der Waals surface area contributed by atoms with Crippen LogP contribution < -0.4 is 0 Å². The highest BCUT2D eigenvalue weighted by Crippen LogP contribution is 2.24. The van der Waals surface area contributed by atoms with Crippen LogP contribution in [-0.4, -0.2) is 6.08 Å². The second-order valence-corrected chi connectivity index (χ2v) is 3.11. The number of hydrogen-bond donors (Lipinski definition) is 0. The van der Waals surface area contributed by atoms with Crippen molar-refractivity contribution in [1.82, 2.24) is 0 Å². The average molecular weight is 246 g/mol. The molecule has 62 valence electrons. The zero-order valence-electron chi connectivity index (χ0n) is 6.05. The molecule has 0 aliphatic carbocycles. The van der Waals surface area contributed by atoms with E-state index in [1.54, 1.807) is 12.1 Å². The smallest absolute Gasteiger partial charge is 0.211 e. The Bertz CT molecular complexity index is 334. The van der Waals surface area contributed by atoms with Crippen molar-refractivity contribution in [2.24, 2.45) is 4.99 Å². The van der Waals surface area contributed by atoms with Crippen LogP contribution in [0.15, 0.2) is 23.2 Å². The minimum Gasteiger partial charge on any atom is -0.211 e. The molecule has 12 heavy (non-hydrogen) atoms. The lowest BCUT2D eigenvalue weighted by Crippen LogP contribution is -1.78. The van der Waals surface area contributed by atoms with Crippen LogP contribution in [0.5, 0.6) is 0 Å². The number of halogens is 2. The second-order valence-electron chi connectivity index (χ2n) is 2.11. The maximum Gasteiger partial charge on any atom is 0.240 e. The Morgan fingerprint density at radius 2 is 2.33 bits per heavy atom. The van der Waals surface area contributed by atoms with Crippen LogP contribution in [-0.2, 0) is 10.1 Å². The molecule has 0 radical (unpaired) electrons. The summed E-state index contributed by atoms with van der Waals surface area (Å²) in [5, 5.41) is 1.21. The Morgan fingerprint density at radius 3 is 2.92 bits per heavy atom. The monoisotopic (exact) mass is 245 g/mol. The summed E-state index contributed by atoms with van der Waals surface area (Å²) in [5.74, 6) is 0. The molecular weight excluding hydrogens is 241 g/mol. The van der Waals surface area contributed by atoms with Gasteiger partial charge in [0.05, 0.1) is 5.69 Å². The first kappa shape index (κ1) is 9.46. The molecule has 0 fully saturated rings. The van der Waals surface area contributed by atoms with Gasteiger partial charge in [-0.15, -0.1) is 0 Å². The van der Waals surface area contributed by atoms with Crippen LogP contribution in [0.3, 0.4) is 0 Å². The van der Waals surface area contributed by atoms with Crippen molar-refractivity contribution in [2.75, 3.05) is 0 Å². The van der Waals surface area contributed by atoms with Gasteiger partial charge in [0.1, 0.15) is 0 Å². The molecule has 0 amide bonds. The van der Waals surface area contributed by atoms with Gasteiger partial charge < -0.3 is 0 Å². The van der Waals surface area contributed by atoms with Crippen molar-refractivity contribution in [1.29, 1.82) is 0 Å². The standard InChI is InChI=1S/C8H5BrClNO/c9-4-6-1-2-7(10)3-8(6)11-5-12/h1-3H,4H2. The third-order valence-corrected chi connectivity index (χ3v) is 2.20. The molecule has 1 aromatic rings. The Balaban J connectivity index is 3.20. The summed E-state index contributed by atoms with van der Waals surface area (Å²) < 4.78 is 0. The van der Waals surface area contributed by atoms with Crippen LogP contribution >= 0.6 is 27.5 Å². The summed E-state index contributed by atoms with van der Waals surface area (Å²) >= 11 is 8.97. The van der Waals surface area contributed by atoms with Crippen molar-refractivity contribution >= 4 is 39.3 Å². The van der Waals surface area contributed by atoms with E-state index in [-0.39, 0.29) is 0 Å². The number of benzene rings is 1. The predicted molar refractivity (Wildman–Crippen MR) is 51.9 cm³/mol. The van der Waals surface area contributed by atoms with Crippen LogP contribution in [0.1, 0.15) is 5.56 Å². The first-order chi connectivity index (χ1) is 5.77. The van der Waals surface area contributed by atoms with E-state index in [0.29, 0.717) is 16.0 Å². The lowest BCUT2D eigenvalue weighted by atomic mass is 10.2. The summed E-state index contributed by atoms with van der Waals surface area (Å²) in [5.41, 5.74) is 1.48. The number of alkyl halides is 1. The average Bonchev–Trinajstić information content (AvgIpc) is 2.05. The number of nitrogens with zero attached hydrogens (tertiary/aromatic N) is 1. The molecule has 4 heteroatoms.